The molecule has 2 saturated carbocycles. The van der Waals surface area contributed by atoms with Crippen molar-refractivity contribution in [3.8, 4) is 0 Å². The zero-order chi connectivity index (χ0) is 20.2. The van der Waals surface area contributed by atoms with Gasteiger partial charge < -0.3 is 23.4 Å². The van der Waals surface area contributed by atoms with Crippen LogP contribution in [0.5, 0.6) is 0 Å². The molecule has 0 radical (unpaired) electrons. The molecule has 4 saturated heterocycles. The Morgan fingerprint density at radius 1 is 1.17 bits per heavy atom. The maximum Gasteiger partial charge on any atom is 0.339 e. The molecule has 0 N–H and O–H groups in total. The minimum absolute atomic E-state index is 0.237. The number of rotatable bonds is 2. The third-order valence-corrected chi connectivity index (χ3v) is 8.41. The average Bonchev–Trinajstić information content (AvgIpc) is 3.40. The van der Waals surface area contributed by atoms with Crippen molar-refractivity contribution in [3.05, 3.63) is 24.2 Å². The third-order valence-electron chi connectivity index (χ3n) is 8.41. The second kappa shape index (κ2) is 5.22. The molecule has 6 fully saturated rings. The summed E-state index contributed by atoms with van der Waals surface area (Å²) >= 11 is 0. The fourth-order valence-corrected chi connectivity index (χ4v) is 7.17. The Kier molecular flexibility index (Phi) is 3.15. The summed E-state index contributed by atoms with van der Waals surface area (Å²) < 4.78 is 28.2. The first kappa shape index (κ1) is 17.5. The molecule has 4 aliphatic heterocycles. The highest BCUT2D eigenvalue weighted by molar-refractivity contribution is 5.93. The molecule has 1 aromatic heterocycles. The van der Waals surface area contributed by atoms with Crippen LogP contribution in [0.4, 0.5) is 0 Å². The van der Waals surface area contributed by atoms with E-state index in [2.05, 4.69) is 0 Å². The largest absolute Gasteiger partial charge is 0.472 e. The van der Waals surface area contributed by atoms with Gasteiger partial charge in [0.25, 0.3) is 0 Å². The van der Waals surface area contributed by atoms with Crippen molar-refractivity contribution in [1.29, 1.82) is 0 Å². The van der Waals surface area contributed by atoms with Gasteiger partial charge in [-0.2, -0.15) is 0 Å². The second-order valence-electron chi connectivity index (χ2n) is 9.27. The molecule has 0 unspecified atom stereocenters. The highest BCUT2D eigenvalue weighted by Crippen LogP contribution is 2.74. The topological polar surface area (TPSA) is 101 Å². The average molecular weight is 402 g/mol. The third kappa shape index (κ3) is 1.75. The molecule has 8 heteroatoms. The zero-order valence-electron chi connectivity index (χ0n) is 16.2. The van der Waals surface area contributed by atoms with Crippen molar-refractivity contribution in [2.45, 2.75) is 56.5 Å². The van der Waals surface area contributed by atoms with Crippen LogP contribution in [0.1, 0.15) is 44.3 Å². The summed E-state index contributed by atoms with van der Waals surface area (Å²) in [5, 5.41) is 0. The molecule has 8 atom stereocenters. The second-order valence-corrected chi connectivity index (χ2v) is 9.27. The van der Waals surface area contributed by atoms with Crippen LogP contribution in [0, 0.1) is 22.7 Å². The number of esters is 3. The molecule has 2 spiro atoms. The van der Waals surface area contributed by atoms with Crippen LogP contribution in [0.15, 0.2) is 23.0 Å². The van der Waals surface area contributed by atoms with Crippen LogP contribution < -0.4 is 0 Å². The maximum absolute atomic E-state index is 13.3. The van der Waals surface area contributed by atoms with Gasteiger partial charge in [0.05, 0.1) is 31.7 Å². The fraction of sp³-hybridized carbons (Fsp3) is 0.667. The summed E-state index contributed by atoms with van der Waals surface area (Å²) in [6.07, 6.45) is 3.49. The summed E-state index contributed by atoms with van der Waals surface area (Å²) in [5.41, 5.74) is -2.17. The van der Waals surface area contributed by atoms with E-state index in [0.29, 0.717) is 19.3 Å². The van der Waals surface area contributed by atoms with Crippen LogP contribution in [0.2, 0.25) is 0 Å². The van der Waals surface area contributed by atoms with Crippen LogP contribution in [-0.2, 0) is 33.3 Å². The van der Waals surface area contributed by atoms with E-state index in [4.69, 9.17) is 23.4 Å². The van der Waals surface area contributed by atoms with Crippen LogP contribution in [0.3, 0.4) is 0 Å². The normalized spacial score (nSPS) is 49.2. The molecule has 4 bridgehead atoms. The van der Waals surface area contributed by atoms with Gasteiger partial charge in [-0.25, -0.2) is 4.79 Å². The molecule has 0 amide bonds. The lowest BCUT2D eigenvalue weighted by Crippen LogP contribution is -2.72. The Morgan fingerprint density at radius 2 is 2.00 bits per heavy atom. The summed E-state index contributed by atoms with van der Waals surface area (Å²) in [6, 6.07) is 1.83. The van der Waals surface area contributed by atoms with Gasteiger partial charge in [-0.05, 0) is 31.2 Å². The lowest BCUT2D eigenvalue weighted by molar-refractivity contribution is -0.252. The molecular formula is C21H22O8. The van der Waals surface area contributed by atoms with Crippen molar-refractivity contribution in [2.24, 2.45) is 22.7 Å². The molecule has 154 valence electrons. The first-order chi connectivity index (χ1) is 13.9. The number of carbonyl (C=O) groups is 3. The van der Waals surface area contributed by atoms with Crippen LogP contribution in [-0.4, -0.2) is 42.8 Å². The SMILES string of the molecule is COC(=O)[C@@H]1C[C@H]2C[C@@H]3[C@@]1(C(=O)O2)[C@@H]1C[C@@]2(O[C@@H](c4ccoc4)C[C@@]32C)C(=O)O1. The van der Waals surface area contributed by atoms with Gasteiger partial charge >= 0.3 is 17.9 Å². The highest BCUT2D eigenvalue weighted by atomic mass is 16.6. The first-order valence-electron chi connectivity index (χ1n) is 10.1. The monoisotopic (exact) mass is 402 g/mol. The Bertz CT molecular complexity index is 923. The van der Waals surface area contributed by atoms with E-state index >= 15 is 0 Å². The van der Waals surface area contributed by atoms with Gasteiger partial charge in [0, 0.05) is 17.4 Å². The number of methoxy groups -OCH3 is 1. The molecule has 2 aliphatic carbocycles. The minimum atomic E-state index is -1.22. The zero-order valence-corrected chi connectivity index (χ0v) is 16.2. The number of furan rings is 1. The van der Waals surface area contributed by atoms with E-state index in [0.717, 1.165) is 5.56 Å². The number of hydrogen-bond acceptors (Lipinski definition) is 8. The predicted molar refractivity (Wildman–Crippen MR) is 93.0 cm³/mol. The van der Waals surface area contributed by atoms with Crippen LogP contribution in [0.25, 0.3) is 0 Å². The molecule has 7 rings (SSSR count). The molecule has 8 nitrogen and oxygen atoms in total. The van der Waals surface area contributed by atoms with Gasteiger partial charge in [-0.1, -0.05) is 6.92 Å². The lowest BCUT2D eigenvalue weighted by Gasteiger charge is -2.62. The summed E-state index contributed by atoms with van der Waals surface area (Å²) in [6.45, 7) is 2.00. The smallest absolute Gasteiger partial charge is 0.339 e. The van der Waals surface area contributed by atoms with Crippen molar-refractivity contribution >= 4 is 17.9 Å². The fourth-order valence-electron chi connectivity index (χ4n) is 7.17. The molecule has 29 heavy (non-hydrogen) atoms. The van der Waals surface area contributed by atoms with Crippen molar-refractivity contribution in [2.75, 3.05) is 7.11 Å². The minimum Gasteiger partial charge on any atom is -0.472 e. The standard InChI is InChI=1S/C21H22O8/c1-19-7-13(10-3-4-26-9-10)29-20(19)8-15(28-17(20)23)21-12(16(22)25-2)5-11(6-14(19)21)27-18(21)24/h3-4,9,11-15H,5-8H2,1-2H3/t11-,12-,13+,14-,15-,19-,20+,21+/m0/s1. The van der Waals surface area contributed by atoms with E-state index in [9.17, 15) is 14.4 Å². The van der Waals surface area contributed by atoms with Crippen molar-refractivity contribution in [1.82, 2.24) is 0 Å². The Morgan fingerprint density at radius 3 is 2.72 bits per heavy atom. The highest BCUT2D eigenvalue weighted by Gasteiger charge is 2.84. The van der Waals surface area contributed by atoms with Crippen molar-refractivity contribution in [3.63, 3.8) is 0 Å². The summed E-state index contributed by atoms with van der Waals surface area (Å²) in [4.78, 5) is 39.2. The summed E-state index contributed by atoms with van der Waals surface area (Å²) in [7, 11) is 1.32. The van der Waals surface area contributed by atoms with Gasteiger partial charge in [0.1, 0.15) is 17.6 Å². The van der Waals surface area contributed by atoms with E-state index in [1.165, 1.54) is 7.11 Å². The van der Waals surface area contributed by atoms with Crippen molar-refractivity contribution < 1.29 is 37.7 Å². The first-order valence-corrected chi connectivity index (χ1v) is 10.1. The number of fused-ring (bicyclic) bond motifs is 3. The molecule has 6 aliphatic rings. The van der Waals surface area contributed by atoms with E-state index in [1.807, 2.05) is 13.0 Å². The number of carbonyl (C=O) groups excluding carboxylic acids is 3. The lowest BCUT2D eigenvalue weighted by atomic mass is 9.41. The molecular weight excluding hydrogens is 380 g/mol. The van der Waals surface area contributed by atoms with E-state index in [1.54, 1.807) is 12.5 Å². The quantitative estimate of drug-likeness (QED) is 0.546. The van der Waals surface area contributed by atoms with E-state index < -0.39 is 46.4 Å². The Balaban J connectivity index is 1.54. The van der Waals surface area contributed by atoms with Crippen LogP contribution >= 0.6 is 0 Å². The molecule has 1 aromatic rings. The Hall–Kier alpha value is -2.35. The van der Waals surface area contributed by atoms with Gasteiger partial charge in [0.15, 0.2) is 5.60 Å². The predicted octanol–water partition coefficient (Wildman–Crippen LogP) is 1.93. The van der Waals surface area contributed by atoms with Gasteiger partial charge in [0.2, 0.25) is 0 Å². The van der Waals surface area contributed by atoms with E-state index in [-0.39, 0.29) is 24.5 Å². The molecule has 0 aromatic carbocycles. The number of hydrogen-bond donors (Lipinski definition) is 0. The summed E-state index contributed by atoms with van der Waals surface area (Å²) in [5.74, 6) is -2.29. The number of ether oxygens (including phenoxy) is 4. The Labute approximate surface area is 166 Å². The molecule has 5 heterocycles. The maximum atomic E-state index is 13.3. The van der Waals surface area contributed by atoms with Gasteiger partial charge in [-0.15, -0.1) is 0 Å². The van der Waals surface area contributed by atoms with Gasteiger partial charge in [-0.3, -0.25) is 9.59 Å².